The van der Waals surface area contributed by atoms with Crippen molar-refractivity contribution < 1.29 is 9.90 Å². The molecule has 0 spiro atoms. The van der Waals surface area contributed by atoms with E-state index in [0.717, 1.165) is 6.26 Å². The van der Waals surface area contributed by atoms with Crippen molar-refractivity contribution in [3.63, 3.8) is 0 Å². The van der Waals surface area contributed by atoms with Crippen molar-refractivity contribution >= 4 is 5.78 Å². The van der Waals surface area contributed by atoms with Crippen LogP contribution in [-0.2, 0) is 4.79 Å². The predicted molar refractivity (Wildman–Crippen MR) is 38.6 cm³/mol. The zero-order valence-corrected chi connectivity index (χ0v) is 5.66. The van der Waals surface area contributed by atoms with Gasteiger partial charge in [0.2, 0.25) is 0 Å². The van der Waals surface area contributed by atoms with E-state index in [2.05, 4.69) is 0 Å². The Labute approximate surface area is 59.2 Å². The summed E-state index contributed by atoms with van der Waals surface area (Å²) in [5.41, 5.74) is 1.16. The Morgan fingerprint density at radius 3 is 2.80 bits per heavy atom. The third-order valence-corrected chi connectivity index (χ3v) is 1.37. The predicted octanol–water partition coefficient (Wildman–Crippen LogP) is 1.51. The Balaban J connectivity index is 2.93. The second-order valence-corrected chi connectivity index (χ2v) is 2.08. The van der Waals surface area contributed by atoms with Crippen molar-refractivity contribution in [1.82, 2.24) is 0 Å². The standard InChI is InChI=1S/C8H8O2/c1-6(10)8-4-2-3-7(8)5-9/h2-5,9H,1H3/b7-5+. The highest BCUT2D eigenvalue weighted by atomic mass is 16.2. The summed E-state index contributed by atoms with van der Waals surface area (Å²) in [6.07, 6.45) is 6.05. The normalized spacial score (nSPS) is 19.7. The molecule has 0 aromatic carbocycles. The van der Waals surface area contributed by atoms with Gasteiger partial charge < -0.3 is 5.11 Å². The van der Waals surface area contributed by atoms with Crippen LogP contribution in [0.5, 0.6) is 0 Å². The van der Waals surface area contributed by atoms with Crippen molar-refractivity contribution in [2.24, 2.45) is 0 Å². The minimum Gasteiger partial charge on any atom is -0.515 e. The minimum atomic E-state index is -0.0229. The number of aliphatic hydroxyl groups is 1. The number of allylic oxidation sites excluding steroid dienone is 5. The fourth-order valence-electron chi connectivity index (χ4n) is 0.867. The molecule has 0 atom stereocenters. The lowest BCUT2D eigenvalue weighted by Gasteiger charge is -1.95. The second kappa shape index (κ2) is 2.52. The third kappa shape index (κ3) is 1.00. The molecule has 0 unspecified atom stereocenters. The van der Waals surface area contributed by atoms with Crippen LogP contribution >= 0.6 is 0 Å². The van der Waals surface area contributed by atoms with E-state index in [1.54, 1.807) is 18.2 Å². The number of hydrogen-bond donors (Lipinski definition) is 1. The largest absolute Gasteiger partial charge is 0.515 e. The Morgan fingerprint density at radius 1 is 1.70 bits per heavy atom. The van der Waals surface area contributed by atoms with E-state index in [4.69, 9.17) is 5.11 Å². The lowest BCUT2D eigenvalue weighted by Crippen LogP contribution is -1.95. The van der Waals surface area contributed by atoms with Crippen LogP contribution < -0.4 is 0 Å². The number of carbonyl (C=O) groups is 1. The molecule has 1 aliphatic rings. The summed E-state index contributed by atoms with van der Waals surface area (Å²) in [5, 5.41) is 8.58. The van der Waals surface area contributed by atoms with Crippen molar-refractivity contribution in [3.8, 4) is 0 Å². The maximum Gasteiger partial charge on any atom is 0.160 e. The number of carbonyl (C=O) groups excluding carboxylic acids is 1. The highest BCUT2D eigenvalue weighted by molar-refractivity contribution is 5.99. The van der Waals surface area contributed by atoms with Gasteiger partial charge in [-0.3, -0.25) is 4.79 Å². The van der Waals surface area contributed by atoms with Crippen molar-refractivity contribution in [2.75, 3.05) is 0 Å². The summed E-state index contributed by atoms with van der Waals surface area (Å²) >= 11 is 0. The van der Waals surface area contributed by atoms with Crippen LogP contribution in [0.1, 0.15) is 6.92 Å². The zero-order valence-electron chi connectivity index (χ0n) is 5.66. The van der Waals surface area contributed by atoms with Gasteiger partial charge >= 0.3 is 0 Å². The van der Waals surface area contributed by atoms with E-state index < -0.39 is 0 Å². The smallest absolute Gasteiger partial charge is 0.160 e. The molecule has 0 radical (unpaired) electrons. The summed E-state index contributed by atoms with van der Waals surface area (Å²) in [6.45, 7) is 1.47. The molecule has 1 N–H and O–H groups in total. The van der Waals surface area contributed by atoms with E-state index in [9.17, 15) is 4.79 Å². The van der Waals surface area contributed by atoms with Crippen LogP contribution in [0.3, 0.4) is 0 Å². The first-order chi connectivity index (χ1) is 4.75. The average molecular weight is 136 g/mol. The molecule has 0 saturated heterocycles. The summed E-state index contributed by atoms with van der Waals surface area (Å²) in [5.74, 6) is -0.0229. The van der Waals surface area contributed by atoms with Gasteiger partial charge in [-0.25, -0.2) is 0 Å². The molecular weight excluding hydrogens is 128 g/mol. The summed E-state index contributed by atoms with van der Waals surface area (Å²) < 4.78 is 0. The number of rotatable bonds is 1. The number of Topliss-reactive ketones (excluding diaryl/α,β-unsaturated/α-hetero) is 1. The van der Waals surface area contributed by atoms with E-state index in [1.165, 1.54) is 6.92 Å². The fourth-order valence-corrected chi connectivity index (χ4v) is 0.867. The highest BCUT2D eigenvalue weighted by Gasteiger charge is 2.09. The lowest BCUT2D eigenvalue weighted by molar-refractivity contribution is -0.113. The van der Waals surface area contributed by atoms with Crippen LogP contribution in [0.15, 0.2) is 35.6 Å². The number of aliphatic hydroxyl groups excluding tert-OH is 1. The molecule has 0 aromatic heterocycles. The first-order valence-electron chi connectivity index (χ1n) is 3.00. The van der Waals surface area contributed by atoms with Crippen molar-refractivity contribution in [3.05, 3.63) is 35.6 Å². The highest BCUT2D eigenvalue weighted by Crippen LogP contribution is 2.17. The van der Waals surface area contributed by atoms with E-state index in [-0.39, 0.29) is 5.78 Å². The number of ketones is 1. The molecule has 2 nitrogen and oxygen atoms in total. The Hall–Kier alpha value is -1.31. The Kier molecular flexibility index (Phi) is 1.71. The Bertz CT molecular complexity index is 244. The third-order valence-electron chi connectivity index (χ3n) is 1.37. The van der Waals surface area contributed by atoms with Gasteiger partial charge in [-0.1, -0.05) is 18.2 Å². The summed E-state index contributed by atoms with van der Waals surface area (Å²) in [4.78, 5) is 10.8. The van der Waals surface area contributed by atoms with Crippen LogP contribution in [0.4, 0.5) is 0 Å². The summed E-state index contributed by atoms with van der Waals surface area (Å²) in [7, 11) is 0. The second-order valence-electron chi connectivity index (χ2n) is 2.08. The first kappa shape index (κ1) is 6.81. The van der Waals surface area contributed by atoms with Gasteiger partial charge in [0.1, 0.15) is 0 Å². The lowest BCUT2D eigenvalue weighted by atomic mass is 10.1. The molecule has 1 rings (SSSR count). The van der Waals surface area contributed by atoms with Crippen LogP contribution in [0, 0.1) is 0 Å². The average Bonchev–Trinajstić information content (AvgIpc) is 2.33. The van der Waals surface area contributed by atoms with Crippen LogP contribution in [0.25, 0.3) is 0 Å². The van der Waals surface area contributed by atoms with Crippen molar-refractivity contribution in [2.45, 2.75) is 6.92 Å². The van der Waals surface area contributed by atoms with Gasteiger partial charge in [0.25, 0.3) is 0 Å². The maximum atomic E-state index is 10.8. The molecule has 0 aliphatic heterocycles. The SMILES string of the molecule is CC(=O)C1=CC=C/C1=C\O. The van der Waals surface area contributed by atoms with Gasteiger partial charge in [0, 0.05) is 11.1 Å². The van der Waals surface area contributed by atoms with Crippen molar-refractivity contribution in [1.29, 1.82) is 0 Å². The quantitative estimate of drug-likeness (QED) is 0.555. The molecule has 0 aromatic rings. The van der Waals surface area contributed by atoms with Gasteiger partial charge in [-0.15, -0.1) is 0 Å². The minimum absolute atomic E-state index is 0.0229. The molecule has 0 saturated carbocycles. The van der Waals surface area contributed by atoms with Gasteiger partial charge in [-0.05, 0) is 6.92 Å². The Morgan fingerprint density at radius 2 is 2.40 bits per heavy atom. The topological polar surface area (TPSA) is 37.3 Å². The summed E-state index contributed by atoms with van der Waals surface area (Å²) in [6, 6.07) is 0. The van der Waals surface area contributed by atoms with Gasteiger partial charge in [0.15, 0.2) is 5.78 Å². The van der Waals surface area contributed by atoms with Gasteiger partial charge in [0.05, 0.1) is 6.26 Å². The molecule has 1 aliphatic carbocycles. The fraction of sp³-hybridized carbons (Fsp3) is 0.125. The molecule has 0 heterocycles. The molecule has 0 bridgehead atoms. The van der Waals surface area contributed by atoms with Crippen LogP contribution in [-0.4, -0.2) is 10.9 Å². The van der Waals surface area contributed by atoms with Gasteiger partial charge in [-0.2, -0.15) is 0 Å². The zero-order chi connectivity index (χ0) is 7.56. The molecule has 0 amide bonds. The van der Waals surface area contributed by atoms with E-state index in [1.807, 2.05) is 0 Å². The molecule has 52 valence electrons. The molecule has 2 heteroatoms. The van der Waals surface area contributed by atoms with E-state index in [0.29, 0.717) is 11.1 Å². The van der Waals surface area contributed by atoms with E-state index >= 15 is 0 Å². The molecule has 0 fully saturated rings. The first-order valence-corrected chi connectivity index (χ1v) is 3.00. The molecular formula is C8H8O2. The number of hydrogen-bond acceptors (Lipinski definition) is 2. The molecule has 10 heavy (non-hydrogen) atoms. The monoisotopic (exact) mass is 136 g/mol. The van der Waals surface area contributed by atoms with Crippen LogP contribution in [0.2, 0.25) is 0 Å². The maximum absolute atomic E-state index is 10.8.